The van der Waals surface area contributed by atoms with Crippen molar-refractivity contribution in [1.29, 1.82) is 0 Å². The first kappa shape index (κ1) is 29.2. The molecule has 1 aliphatic heterocycles. The first-order valence-electron chi connectivity index (χ1n) is 13.6. The molecule has 39 heavy (non-hydrogen) atoms. The highest BCUT2D eigenvalue weighted by Gasteiger charge is 2.70. The molecule has 2 fully saturated rings. The van der Waals surface area contributed by atoms with Crippen molar-refractivity contribution in [1.82, 2.24) is 0 Å². The Morgan fingerprint density at radius 1 is 1.03 bits per heavy atom. The van der Waals surface area contributed by atoms with Crippen LogP contribution < -0.4 is 0 Å². The molecule has 2 aliphatic rings. The van der Waals surface area contributed by atoms with Gasteiger partial charge >= 0.3 is 0 Å². The van der Waals surface area contributed by atoms with Crippen LogP contribution in [0.15, 0.2) is 73.3 Å². The summed E-state index contributed by atoms with van der Waals surface area (Å²) < 4.78 is 31.6. The number of carbonyl (C=O) groups excluding carboxylic acids is 1. The number of hydrogen-bond donors (Lipinski definition) is 0. The molecule has 1 saturated carbocycles. The van der Waals surface area contributed by atoms with E-state index in [1.807, 2.05) is 73.7 Å². The normalized spacial score (nSPS) is 30.5. The minimum absolute atomic E-state index is 0.00856. The van der Waals surface area contributed by atoms with E-state index in [0.717, 1.165) is 17.5 Å². The summed E-state index contributed by atoms with van der Waals surface area (Å²) in [5, 5.41) is 0. The van der Waals surface area contributed by atoms with Crippen molar-refractivity contribution in [2.75, 3.05) is 20.2 Å². The molecule has 4 rings (SSSR count). The monoisotopic (exact) mass is 532 g/mol. The van der Waals surface area contributed by atoms with Gasteiger partial charge in [-0.25, -0.2) is 0 Å². The third kappa shape index (κ3) is 6.04. The molecular formula is C33H40O6. The summed E-state index contributed by atoms with van der Waals surface area (Å²) in [7, 11) is 0. The lowest BCUT2D eigenvalue weighted by Crippen LogP contribution is -2.72. The lowest BCUT2D eigenvalue weighted by atomic mass is 9.54. The van der Waals surface area contributed by atoms with Crippen LogP contribution in [0.25, 0.3) is 0 Å². The minimum Gasteiger partial charge on any atom is -0.351 e. The van der Waals surface area contributed by atoms with Crippen LogP contribution in [0, 0.1) is 23.2 Å². The topological polar surface area (TPSA) is 63.2 Å². The summed E-state index contributed by atoms with van der Waals surface area (Å²) in [4.78, 5) is 13.0. The Labute approximate surface area is 232 Å². The Morgan fingerprint density at radius 2 is 1.64 bits per heavy atom. The van der Waals surface area contributed by atoms with Crippen molar-refractivity contribution < 1.29 is 28.5 Å². The molecule has 1 saturated heterocycles. The van der Waals surface area contributed by atoms with Gasteiger partial charge in [-0.2, -0.15) is 0 Å². The van der Waals surface area contributed by atoms with Gasteiger partial charge in [0.2, 0.25) is 0 Å². The van der Waals surface area contributed by atoms with Crippen LogP contribution in [0.1, 0.15) is 51.2 Å². The van der Waals surface area contributed by atoms with Gasteiger partial charge in [-0.15, -0.1) is 12.5 Å². The average Bonchev–Trinajstić information content (AvgIpc) is 3.04. The molecule has 5 atom stereocenters. The van der Waals surface area contributed by atoms with E-state index in [4.69, 9.17) is 23.7 Å². The lowest BCUT2D eigenvalue weighted by Gasteiger charge is -2.59. The number of Topliss-reactive ketones (excluding diaryl/α,β-unsaturated/α-hetero) is 1. The molecule has 5 unspecified atom stereocenters. The molecule has 0 spiro atoms. The van der Waals surface area contributed by atoms with E-state index in [1.54, 1.807) is 6.92 Å². The van der Waals surface area contributed by atoms with E-state index in [9.17, 15) is 4.79 Å². The maximum atomic E-state index is 13.0. The summed E-state index contributed by atoms with van der Waals surface area (Å²) >= 11 is 0. The Hall–Kier alpha value is -2.79. The van der Waals surface area contributed by atoms with Crippen LogP contribution in [0.4, 0.5) is 0 Å². The molecule has 6 heteroatoms. The summed E-state index contributed by atoms with van der Waals surface area (Å²) in [5.74, 6) is 6.49. The fraction of sp³-hybridized carbons (Fsp3) is 0.485. The predicted molar refractivity (Wildman–Crippen MR) is 149 cm³/mol. The lowest BCUT2D eigenvalue weighted by molar-refractivity contribution is -0.308. The predicted octanol–water partition coefficient (Wildman–Crippen LogP) is 5.85. The highest BCUT2D eigenvalue weighted by atomic mass is 16.7. The molecule has 0 N–H and O–H groups in total. The minimum atomic E-state index is -1.24. The van der Waals surface area contributed by atoms with Gasteiger partial charge in [0, 0.05) is 11.8 Å². The number of ketones is 1. The molecule has 208 valence electrons. The summed E-state index contributed by atoms with van der Waals surface area (Å²) in [6, 6.07) is 19.9. The molecular weight excluding hydrogens is 492 g/mol. The maximum absolute atomic E-state index is 13.0. The second kappa shape index (κ2) is 13.0. The molecule has 0 bridgehead atoms. The molecule has 2 aromatic rings. The van der Waals surface area contributed by atoms with Crippen LogP contribution in [0.2, 0.25) is 0 Å². The quantitative estimate of drug-likeness (QED) is 0.157. The molecule has 1 heterocycles. The third-order valence-corrected chi connectivity index (χ3v) is 8.12. The number of ether oxygens (including phenoxy) is 5. The molecule has 0 aromatic heterocycles. The van der Waals surface area contributed by atoms with Crippen LogP contribution >= 0.6 is 0 Å². The Bertz CT molecular complexity index is 1150. The van der Waals surface area contributed by atoms with Gasteiger partial charge in [-0.3, -0.25) is 4.79 Å². The zero-order chi connectivity index (χ0) is 27.8. The Balaban J connectivity index is 1.63. The second-order valence-corrected chi connectivity index (χ2v) is 10.7. The molecule has 1 aliphatic carbocycles. The summed E-state index contributed by atoms with van der Waals surface area (Å²) in [6.45, 7) is 10.9. The van der Waals surface area contributed by atoms with Gasteiger partial charge in [0.25, 0.3) is 0 Å². The number of hydrogen-bond acceptors (Lipinski definition) is 6. The standard InChI is InChI=1S/C33H40O6/c1-5-18-32-30(37-24-35-21-27-13-9-7-10-14-27)26(3)17-19-33(32,31(4,6-2)20-29(34)23-38-32)39-25-36-22-28-15-11-8-12-16-28/h6-16,26,30H,2,17,19-25H2,1,3-4H3. The van der Waals surface area contributed by atoms with E-state index < -0.39 is 22.7 Å². The fourth-order valence-electron chi connectivity index (χ4n) is 6.09. The van der Waals surface area contributed by atoms with Gasteiger partial charge in [0.15, 0.2) is 11.4 Å². The third-order valence-electron chi connectivity index (χ3n) is 8.12. The second-order valence-electron chi connectivity index (χ2n) is 10.7. The van der Waals surface area contributed by atoms with Crippen LogP contribution in [0.3, 0.4) is 0 Å². The van der Waals surface area contributed by atoms with E-state index in [-0.39, 0.29) is 38.3 Å². The maximum Gasteiger partial charge on any atom is 0.185 e. The van der Waals surface area contributed by atoms with Crippen molar-refractivity contribution in [2.45, 2.75) is 70.6 Å². The van der Waals surface area contributed by atoms with Gasteiger partial charge in [-0.05, 0) is 36.8 Å². The van der Waals surface area contributed by atoms with Crippen molar-refractivity contribution in [3.8, 4) is 11.8 Å². The highest BCUT2D eigenvalue weighted by Crippen LogP contribution is 2.58. The Kier molecular flexibility index (Phi) is 9.76. The van der Waals surface area contributed by atoms with Gasteiger partial charge in [0.05, 0.1) is 13.2 Å². The zero-order valence-corrected chi connectivity index (χ0v) is 23.3. The molecule has 6 nitrogen and oxygen atoms in total. The van der Waals surface area contributed by atoms with E-state index >= 15 is 0 Å². The molecule has 0 amide bonds. The van der Waals surface area contributed by atoms with Crippen LogP contribution in [-0.2, 0) is 41.7 Å². The Morgan fingerprint density at radius 3 is 2.23 bits per heavy atom. The van der Waals surface area contributed by atoms with Gasteiger partial charge in [0.1, 0.15) is 31.9 Å². The van der Waals surface area contributed by atoms with Crippen molar-refractivity contribution in [2.24, 2.45) is 11.3 Å². The van der Waals surface area contributed by atoms with Crippen LogP contribution in [-0.4, -0.2) is 43.3 Å². The zero-order valence-electron chi connectivity index (χ0n) is 23.3. The fourth-order valence-corrected chi connectivity index (χ4v) is 6.09. The largest absolute Gasteiger partial charge is 0.351 e. The SMILES string of the molecule is C=CC1(C)CC(=O)COC2(C#CC)C(OCOCc3ccccc3)C(C)CCC12OCOCc1ccccc1. The number of fused-ring (bicyclic) bond motifs is 1. The summed E-state index contributed by atoms with van der Waals surface area (Å²) in [6.07, 6.45) is 2.94. The van der Waals surface area contributed by atoms with E-state index in [2.05, 4.69) is 25.3 Å². The van der Waals surface area contributed by atoms with E-state index in [1.165, 1.54) is 0 Å². The van der Waals surface area contributed by atoms with Crippen molar-refractivity contribution in [3.05, 3.63) is 84.4 Å². The number of benzene rings is 2. The summed E-state index contributed by atoms with van der Waals surface area (Å²) in [5.41, 5.74) is -0.936. The van der Waals surface area contributed by atoms with Gasteiger partial charge < -0.3 is 23.7 Å². The number of carbonyl (C=O) groups is 1. The van der Waals surface area contributed by atoms with Gasteiger partial charge in [-0.1, -0.05) is 86.5 Å². The first-order chi connectivity index (χ1) is 18.9. The molecule has 2 aromatic carbocycles. The van der Waals surface area contributed by atoms with Crippen molar-refractivity contribution >= 4 is 5.78 Å². The van der Waals surface area contributed by atoms with Crippen molar-refractivity contribution in [3.63, 3.8) is 0 Å². The van der Waals surface area contributed by atoms with E-state index in [0.29, 0.717) is 19.6 Å². The molecule has 0 radical (unpaired) electrons. The smallest absolute Gasteiger partial charge is 0.185 e. The average molecular weight is 533 g/mol. The number of rotatable bonds is 11. The highest BCUT2D eigenvalue weighted by molar-refractivity contribution is 5.81. The first-order valence-corrected chi connectivity index (χ1v) is 13.6. The van der Waals surface area contributed by atoms with Crippen LogP contribution in [0.5, 0.6) is 0 Å².